The number of aryl methyl sites for hydroxylation is 2. The Morgan fingerprint density at radius 2 is 1.86 bits per heavy atom. The molecule has 1 fully saturated rings. The maximum atomic E-state index is 13.0. The molecular weight excluding hydrogens is 396 g/mol. The number of sulfonamides is 1. The molecule has 0 saturated carbocycles. The third-order valence-electron chi connectivity index (χ3n) is 4.81. The van der Waals surface area contributed by atoms with Crippen LogP contribution in [0.5, 0.6) is 5.75 Å². The van der Waals surface area contributed by atoms with Crippen LogP contribution >= 0.6 is 0 Å². The summed E-state index contributed by atoms with van der Waals surface area (Å²) >= 11 is 0. The Bertz CT molecular complexity index is 963. The predicted octanol–water partition coefficient (Wildman–Crippen LogP) is 1.56. The lowest BCUT2D eigenvalue weighted by molar-refractivity contribution is -0.116. The van der Waals surface area contributed by atoms with Crippen molar-refractivity contribution in [3.63, 3.8) is 0 Å². The molecule has 1 aromatic carbocycles. The highest BCUT2D eigenvalue weighted by molar-refractivity contribution is 7.89. The summed E-state index contributed by atoms with van der Waals surface area (Å²) in [4.78, 5) is 12.5. The van der Waals surface area contributed by atoms with Gasteiger partial charge in [-0.1, -0.05) is 0 Å². The summed E-state index contributed by atoms with van der Waals surface area (Å²) in [7, 11) is -2.06. The average Bonchev–Trinajstić information content (AvgIpc) is 3.01. The van der Waals surface area contributed by atoms with Crippen LogP contribution in [0.15, 0.2) is 29.2 Å². The summed E-state index contributed by atoms with van der Waals surface area (Å²) in [5.41, 5.74) is 1.63. The first kappa shape index (κ1) is 21.3. The summed E-state index contributed by atoms with van der Waals surface area (Å²) in [6.45, 7) is 5.11. The van der Waals surface area contributed by atoms with Crippen LogP contribution in [0.2, 0.25) is 0 Å². The van der Waals surface area contributed by atoms with E-state index in [1.54, 1.807) is 49.9 Å². The zero-order valence-corrected chi connectivity index (χ0v) is 17.7. The molecule has 0 unspecified atom stereocenters. The van der Waals surface area contributed by atoms with Gasteiger partial charge in [0.2, 0.25) is 15.9 Å². The van der Waals surface area contributed by atoms with Crippen molar-refractivity contribution < 1.29 is 22.7 Å². The van der Waals surface area contributed by atoms with Crippen LogP contribution in [0, 0.1) is 13.8 Å². The topological polar surface area (TPSA) is 103 Å². The van der Waals surface area contributed by atoms with Crippen LogP contribution < -0.4 is 10.1 Å². The van der Waals surface area contributed by atoms with Gasteiger partial charge < -0.3 is 14.8 Å². The Morgan fingerprint density at radius 1 is 1.21 bits per heavy atom. The molecule has 2 heterocycles. The smallest absolute Gasteiger partial charge is 0.246 e. The number of carbonyl (C=O) groups excluding carboxylic acids is 1. The van der Waals surface area contributed by atoms with E-state index < -0.39 is 10.0 Å². The fourth-order valence-electron chi connectivity index (χ4n) is 3.29. The van der Waals surface area contributed by atoms with Crippen molar-refractivity contribution in [2.45, 2.75) is 31.7 Å². The zero-order chi connectivity index (χ0) is 21.0. The Labute approximate surface area is 170 Å². The van der Waals surface area contributed by atoms with Gasteiger partial charge in [0.05, 0.1) is 38.3 Å². The van der Waals surface area contributed by atoms with Crippen molar-refractivity contribution in [3.8, 4) is 5.75 Å². The van der Waals surface area contributed by atoms with E-state index in [4.69, 9.17) is 9.47 Å². The molecule has 9 nitrogen and oxygen atoms in total. The second-order valence-electron chi connectivity index (χ2n) is 6.77. The lowest BCUT2D eigenvalue weighted by atomic mass is 10.3. The fraction of sp³-hybridized carbons (Fsp3) is 0.474. The molecule has 0 spiro atoms. The first-order chi connectivity index (χ1) is 13.8. The highest BCUT2D eigenvalue weighted by atomic mass is 32.2. The number of amides is 1. The number of nitrogens with zero attached hydrogens (tertiary/aromatic N) is 3. The fourth-order valence-corrected chi connectivity index (χ4v) is 5.07. The third kappa shape index (κ3) is 4.77. The van der Waals surface area contributed by atoms with Crippen LogP contribution in [0.1, 0.15) is 17.8 Å². The van der Waals surface area contributed by atoms with Crippen LogP contribution in [0.3, 0.4) is 0 Å². The lowest BCUT2D eigenvalue weighted by Gasteiger charge is -2.26. The van der Waals surface area contributed by atoms with Gasteiger partial charge in [0.15, 0.2) is 0 Å². The minimum absolute atomic E-state index is 0.172. The molecule has 0 aliphatic carbocycles. The highest BCUT2D eigenvalue weighted by Gasteiger charge is 2.32. The molecule has 3 rings (SSSR count). The Kier molecular flexibility index (Phi) is 6.56. The first-order valence-corrected chi connectivity index (χ1v) is 10.8. The highest BCUT2D eigenvalue weighted by Crippen LogP contribution is 2.24. The van der Waals surface area contributed by atoms with Crippen LogP contribution in [-0.2, 0) is 26.1 Å². The van der Waals surface area contributed by atoms with Crippen molar-refractivity contribution in [2.75, 3.05) is 38.7 Å². The third-order valence-corrected chi connectivity index (χ3v) is 6.96. The first-order valence-electron chi connectivity index (χ1n) is 9.38. The van der Waals surface area contributed by atoms with E-state index in [0.717, 1.165) is 0 Å². The summed E-state index contributed by atoms with van der Waals surface area (Å²) in [5.74, 6) is 0.528. The van der Waals surface area contributed by atoms with E-state index in [1.165, 1.54) is 4.31 Å². The van der Waals surface area contributed by atoms with Crippen molar-refractivity contribution in [2.24, 2.45) is 0 Å². The summed E-state index contributed by atoms with van der Waals surface area (Å²) in [6.07, 6.45) is 0.172. The van der Waals surface area contributed by atoms with E-state index in [0.29, 0.717) is 49.1 Å². The largest absolute Gasteiger partial charge is 0.497 e. The molecule has 158 valence electrons. The summed E-state index contributed by atoms with van der Waals surface area (Å²) in [6, 6.07) is 7.04. The second kappa shape index (κ2) is 8.93. The Hall–Kier alpha value is -2.43. The number of ether oxygens (including phenoxy) is 2. The van der Waals surface area contributed by atoms with E-state index in [9.17, 15) is 13.2 Å². The average molecular weight is 423 g/mol. The number of morpholine rings is 1. The van der Waals surface area contributed by atoms with Crippen molar-refractivity contribution in [1.29, 1.82) is 0 Å². The van der Waals surface area contributed by atoms with Gasteiger partial charge in [-0.3, -0.25) is 9.48 Å². The van der Waals surface area contributed by atoms with Gasteiger partial charge in [-0.2, -0.15) is 9.40 Å². The minimum Gasteiger partial charge on any atom is -0.497 e. The molecule has 29 heavy (non-hydrogen) atoms. The number of nitrogens with one attached hydrogen (secondary N) is 1. The molecule has 1 amide bonds. The molecule has 0 atom stereocenters. The molecule has 1 saturated heterocycles. The monoisotopic (exact) mass is 422 g/mol. The van der Waals surface area contributed by atoms with Crippen LogP contribution in [-0.4, -0.2) is 61.8 Å². The maximum absolute atomic E-state index is 13.0. The zero-order valence-electron chi connectivity index (χ0n) is 16.8. The van der Waals surface area contributed by atoms with Crippen molar-refractivity contribution in [3.05, 3.63) is 35.7 Å². The van der Waals surface area contributed by atoms with E-state index in [-0.39, 0.29) is 23.8 Å². The lowest BCUT2D eigenvalue weighted by Crippen LogP contribution is -2.41. The number of anilines is 1. The van der Waals surface area contributed by atoms with Crippen molar-refractivity contribution >= 4 is 21.6 Å². The molecule has 10 heteroatoms. The minimum atomic E-state index is -3.64. The van der Waals surface area contributed by atoms with Crippen molar-refractivity contribution in [1.82, 2.24) is 14.1 Å². The normalized spacial score (nSPS) is 15.3. The SMILES string of the molecule is COc1ccc(NC(=O)CCn2nc(C)c(S(=O)(=O)N3CCOCC3)c2C)cc1. The molecule has 2 aromatic rings. The molecule has 1 N–H and O–H groups in total. The quantitative estimate of drug-likeness (QED) is 0.726. The Morgan fingerprint density at radius 3 is 2.48 bits per heavy atom. The molecular formula is C19H26N4O5S. The van der Waals surface area contributed by atoms with Crippen LogP contribution in [0.4, 0.5) is 5.69 Å². The molecule has 0 radical (unpaired) electrons. The van der Waals surface area contributed by atoms with Gasteiger partial charge in [-0.05, 0) is 38.1 Å². The van der Waals surface area contributed by atoms with Gasteiger partial charge in [-0.25, -0.2) is 8.42 Å². The predicted molar refractivity (Wildman–Crippen MR) is 108 cm³/mol. The number of benzene rings is 1. The van der Waals surface area contributed by atoms with E-state index in [2.05, 4.69) is 10.4 Å². The van der Waals surface area contributed by atoms with Gasteiger partial charge >= 0.3 is 0 Å². The van der Waals surface area contributed by atoms with E-state index >= 15 is 0 Å². The second-order valence-corrected chi connectivity index (χ2v) is 8.64. The number of hydrogen-bond acceptors (Lipinski definition) is 6. The number of methoxy groups -OCH3 is 1. The van der Waals surface area contributed by atoms with Gasteiger partial charge in [-0.15, -0.1) is 0 Å². The number of hydrogen-bond donors (Lipinski definition) is 1. The number of rotatable bonds is 7. The Balaban J connectivity index is 1.67. The molecule has 0 bridgehead atoms. The number of aromatic nitrogens is 2. The van der Waals surface area contributed by atoms with Gasteiger partial charge in [0.1, 0.15) is 10.6 Å². The number of carbonyl (C=O) groups is 1. The van der Waals surface area contributed by atoms with Gasteiger partial charge in [0, 0.05) is 25.2 Å². The molecule has 1 aliphatic rings. The maximum Gasteiger partial charge on any atom is 0.246 e. The van der Waals surface area contributed by atoms with E-state index in [1.807, 2.05) is 0 Å². The standard InChI is InChI=1S/C19H26N4O5S/c1-14-19(29(25,26)22-10-12-28-13-11-22)15(2)23(21-14)9-8-18(24)20-16-4-6-17(27-3)7-5-16/h4-7H,8-13H2,1-3H3,(H,20,24). The van der Waals surface area contributed by atoms with Gasteiger partial charge in [0.25, 0.3) is 0 Å². The van der Waals surface area contributed by atoms with Crippen LogP contribution in [0.25, 0.3) is 0 Å². The summed E-state index contributed by atoms with van der Waals surface area (Å²) < 4.78 is 39.3. The molecule has 1 aliphatic heterocycles. The summed E-state index contributed by atoms with van der Waals surface area (Å²) in [5, 5.41) is 7.17. The molecule has 1 aromatic heterocycles.